The van der Waals surface area contributed by atoms with Gasteiger partial charge >= 0.3 is 0 Å². The van der Waals surface area contributed by atoms with Crippen LogP contribution in [0.3, 0.4) is 0 Å². The number of anilines is 2. The van der Waals surface area contributed by atoms with E-state index in [9.17, 15) is 0 Å². The van der Waals surface area contributed by atoms with Crippen LogP contribution in [-0.4, -0.2) is 6.67 Å². The fourth-order valence-electron chi connectivity index (χ4n) is 3.48. The first-order valence-electron chi connectivity index (χ1n) is 7.84. The Morgan fingerprint density at radius 1 is 0.600 bits per heavy atom. The van der Waals surface area contributed by atoms with Crippen molar-refractivity contribution in [3.05, 3.63) is 66.9 Å². The Morgan fingerprint density at radius 3 is 1.16 bits per heavy atom. The van der Waals surface area contributed by atoms with Gasteiger partial charge in [0.25, 0.3) is 0 Å². The third-order valence-corrected chi connectivity index (χ3v) is 5.68. The number of halogens is 4. The third kappa shape index (κ3) is 3.33. The van der Waals surface area contributed by atoms with Crippen molar-refractivity contribution in [3.63, 3.8) is 0 Å². The molecule has 2 aromatic rings. The van der Waals surface area contributed by atoms with Crippen LogP contribution < -0.4 is 9.80 Å². The van der Waals surface area contributed by atoms with E-state index in [1.807, 2.05) is 61.8 Å². The molecular weight excluding hydrogens is 398 g/mol. The monoisotopic (exact) mass is 414 g/mol. The van der Waals surface area contributed by atoms with Gasteiger partial charge in [-0.25, -0.2) is 0 Å². The topological polar surface area (TPSA) is 6.48 Å². The minimum absolute atomic E-state index is 0.504. The molecule has 25 heavy (non-hydrogen) atoms. The van der Waals surface area contributed by atoms with E-state index in [2.05, 4.69) is 0 Å². The molecule has 0 atom stereocenters. The maximum Gasteiger partial charge on any atom is 0.146 e. The molecule has 0 amide bonds. The lowest BCUT2D eigenvalue weighted by Crippen LogP contribution is -2.28. The molecule has 1 aliphatic rings. The van der Waals surface area contributed by atoms with Gasteiger partial charge in [0.15, 0.2) is 0 Å². The van der Waals surface area contributed by atoms with Gasteiger partial charge in [0.05, 0.1) is 0 Å². The average molecular weight is 416 g/mol. The number of aryl methyl sites for hydroxylation is 4. The molecule has 0 aromatic heterocycles. The Bertz CT molecular complexity index is 771. The highest BCUT2D eigenvalue weighted by Gasteiger charge is 2.32. The number of rotatable bonds is 2. The van der Waals surface area contributed by atoms with Gasteiger partial charge in [-0.2, -0.15) is 0 Å². The van der Waals surface area contributed by atoms with Crippen LogP contribution in [0.1, 0.15) is 22.3 Å². The molecule has 0 fully saturated rings. The van der Waals surface area contributed by atoms with E-state index in [1.165, 1.54) is 0 Å². The molecule has 132 valence electrons. The lowest BCUT2D eigenvalue weighted by Gasteiger charge is -2.27. The molecule has 1 aliphatic heterocycles. The Kier molecular flexibility index (Phi) is 5.18. The van der Waals surface area contributed by atoms with Gasteiger partial charge in [-0.05, 0) is 74.2 Å². The smallest absolute Gasteiger partial charge is 0.146 e. The van der Waals surface area contributed by atoms with Crippen LogP contribution in [0.25, 0.3) is 0 Å². The summed E-state index contributed by atoms with van der Waals surface area (Å²) in [5, 5.41) is 2.43. The summed E-state index contributed by atoms with van der Waals surface area (Å²) >= 11 is 25.5. The highest BCUT2D eigenvalue weighted by molar-refractivity contribution is 6.42. The predicted molar refractivity (Wildman–Crippen MR) is 110 cm³/mol. The van der Waals surface area contributed by atoms with Crippen molar-refractivity contribution in [2.24, 2.45) is 0 Å². The molecule has 1 heterocycles. The molecule has 0 aliphatic carbocycles. The number of hydrogen-bond acceptors (Lipinski definition) is 2. The summed E-state index contributed by atoms with van der Waals surface area (Å²) in [5.41, 5.74) is 6.27. The molecular formula is C19H18Cl4N2. The van der Waals surface area contributed by atoms with E-state index in [1.54, 1.807) is 0 Å². The van der Waals surface area contributed by atoms with Gasteiger partial charge in [0.2, 0.25) is 0 Å². The van der Waals surface area contributed by atoms with Crippen LogP contribution in [-0.2, 0) is 0 Å². The van der Waals surface area contributed by atoms with Crippen LogP contribution in [0.4, 0.5) is 11.4 Å². The lowest BCUT2D eigenvalue weighted by molar-refractivity contribution is 0.946. The van der Waals surface area contributed by atoms with Crippen molar-refractivity contribution in [1.82, 2.24) is 0 Å². The predicted octanol–water partition coefficient (Wildman–Crippen LogP) is 7.12. The van der Waals surface area contributed by atoms with Crippen LogP contribution in [0.2, 0.25) is 10.0 Å². The first kappa shape index (κ1) is 18.7. The summed E-state index contributed by atoms with van der Waals surface area (Å²) < 4.78 is 0. The molecule has 0 saturated heterocycles. The lowest BCUT2D eigenvalue weighted by atomic mass is 10.1. The standard InChI is InChI=1S/C19H18Cl4N2/c1-10-5-14(20)6-11(2)16(10)24-9-25(19(23)18(24)22)17-12(3)7-15(21)8-13(17)4/h5-8H,9H2,1-4H3. The summed E-state index contributed by atoms with van der Waals surface area (Å²) in [6, 6.07) is 7.74. The Hall–Kier alpha value is -1.06. The zero-order valence-electron chi connectivity index (χ0n) is 14.4. The molecule has 0 spiro atoms. The molecule has 3 rings (SSSR count). The van der Waals surface area contributed by atoms with E-state index < -0.39 is 0 Å². The number of benzene rings is 2. The molecule has 0 N–H and O–H groups in total. The summed E-state index contributed by atoms with van der Waals surface area (Å²) in [5.74, 6) is 0. The van der Waals surface area contributed by atoms with Crippen LogP contribution in [0.15, 0.2) is 34.6 Å². The van der Waals surface area contributed by atoms with E-state index in [0.717, 1.165) is 33.6 Å². The van der Waals surface area contributed by atoms with Gasteiger partial charge in [0.1, 0.15) is 17.0 Å². The number of nitrogens with zero attached hydrogens (tertiary/aromatic N) is 2. The van der Waals surface area contributed by atoms with Gasteiger partial charge in [-0.3, -0.25) is 0 Å². The second-order valence-electron chi connectivity index (χ2n) is 6.36. The summed E-state index contributed by atoms with van der Waals surface area (Å²) in [7, 11) is 0. The van der Waals surface area contributed by atoms with E-state index in [-0.39, 0.29) is 0 Å². The quantitative estimate of drug-likeness (QED) is 0.482. The van der Waals surface area contributed by atoms with Crippen LogP contribution >= 0.6 is 46.4 Å². The van der Waals surface area contributed by atoms with Crippen LogP contribution in [0, 0.1) is 27.7 Å². The SMILES string of the molecule is Cc1cc(Cl)cc(C)c1N1CN(c2c(C)cc(Cl)cc2C)C(Cl)=C1Cl. The Balaban J connectivity index is 2.08. The number of hydrogen-bond donors (Lipinski definition) is 0. The molecule has 0 bridgehead atoms. The molecule has 2 aromatic carbocycles. The minimum atomic E-state index is 0.504. The second-order valence-corrected chi connectivity index (χ2v) is 7.94. The largest absolute Gasteiger partial charge is 0.310 e. The van der Waals surface area contributed by atoms with Crippen molar-refractivity contribution in [1.29, 1.82) is 0 Å². The fourth-order valence-corrected chi connectivity index (χ4v) is 4.62. The highest BCUT2D eigenvalue weighted by atomic mass is 35.5. The van der Waals surface area contributed by atoms with E-state index in [0.29, 0.717) is 27.0 Å². The zero-order valence-corrected chi connectivity index (χ0v) is 17.4. The third-order valence-electron chi connectivity index (χ3n) is 4.38. The summed E-state index contributed by atoms with van der Waals surface area (Å²) in [4.78, 5) is 4.02. The molecule has 2 nitrogen and oxygen atoms in total. The van der Waals surface area contributed by atoms with Crippen molar-refractivity contribution < 1.29 is 0 Å². The minimum Gasteiger partial charge on any atom is -0.310 e. The molecule has 0 unspecified atom stereocenters. The van der Waals surface area contributed by atoms with Crippen molar-refractivity contribution >= 4 is 57.8 Å². The van der Waals surface area contributed by atoms with Crippen molar-refractivity contribution in [3.8, 4) is 0 Å². The fraction of sp³-hybridized carbons (Fsp3) is 0.263. The average Bonchev–Trinajstić information content (AvgIpc) is 2.74. The Morgan fingerprint density at radius 2 is 0.880 bits per heavy atom. The second kappa shape index (κ2) is 6.92. The normalized spacial score (nSPS) is 14.7. The molecule has 0 saturated carbocycles. The molecule has 6 heteroatoms. The first-order chi connectivity index (χ1) is 11.7. The van der Waals surface area contributed by atoms with Gasteiger partial charge in [0, 0.05) is 21.4 Å². The zero-order chi connectivity index (χ0) is 18.5. The van der Waals surface area contributed by atoms with Gasteiger partial charge < -0.3 is 9.80 Å². The summed E-state index contributed by atoms with van der Waals surface area (Å²) in [6.45, 7) is 8.62. The van der Waals surface area contributed by atoms with E-state index >= 15 is 0 Å². The Labute approximate surface area is 168 Å². The maximum absolute atomic E-state index is 6.60. The van der Waals surface area contributed by atoms with Gasteiger partial charge in [-0.1, -0.05) is 46.4 Å². The van der Waals surface area contributed by atoms with Gasteiger partial charge in [-0.15, -0.1) is 0 Å². The molecule has 0 radical (unpaired) electrons. The van der Waals surface area contributed by atoms with Crippen molar-refractivity contribution in [2.45, 2.75) is 27.7 Å². The van der Waals surface area contributed by atoms with Crippen molar-refractivity contribution in [2.75, 3.05) is 16.5 Å². The van der Waals surface area contributed by atoms with E-state index in [4.69, 9.17) is 46.4 Å². The highest BCUT2D eigenvalue weighted by Crippen LogP contribution is 2.42. The summed E-state index contributed by atoms with van der Waals surface area (Å²) in [6.07, 6.45) is 0. The maximum atomic E-state index is 6.60. The van der Waals surface area contributed by atoms with Crippen LogP contribution in [0.5, 0.6) is 0 Å². The first-order valence-corrected chi connectivity index (χ1v) is 9.35.